The summed E-state index contributed by atoms with van der Waals surface area (Å²) in [6.45, 7) is 7.15. The number of unbranched alkanes of at least 4 members (excludes halogenated alkanes) is 1. The normalized spacial score (nSPS) is 12.1. The fourth-order valence-electron chi connectivity index (χ4n) is 0.818. The third-order valence-corrected chi connectivity index (χ3v) is 1.65. The smallest absolute Gasteiger partial charge is 0.460 e. The largest absolute Gasteiger partial charge is 0.466 e. The SMILES string of the molecule is C=C(C)C(=O)OCC(O)CCCC.O=P(O)(O)O. The molecule has 8 heteroatoms. The zero-order chi connectivity index (χ0) is 14.8. The molecule has 108 valence electrons. The van der Waals surface area contributed by atoms with Crippen molar-refractivity contribution in [2.45, 2.75) is 39.2 Å². The lowest BCUT2D eigenvalue weighted by molar-refractivity contribution is -0.142. The number of aliphatic hydroxyl groups excluding tert-OH is 1. The zero-order valence-corrected chi connectivity index (χ0v) is 11.5. The Labute approximate surface area is 106 Å². The molecule has 0 saturated heterocycles. The van der Waals surface area contributed by atoms with Gasteiger partial charge < -0.3 is 24.5 Å². The fraction of sp³-hybridized carbons (Fsp3) is 0.700. The maximum absolute atomic E-state index is 10.9. The zero-order valence-electron chi connectivity index (χ0n) is 10.6. The van der Waals surface area contributed by atoms with Gasteiger partial charge in [-0.1, -0.05) is 26.3 Å². The lowest BCUT2D eigenvalue weighted by Gasteiger charge is -2.10. The topological polar surface area (TPSA) is 124 Å². The Kier molecular flexibility index (Phi) is 11.1. The first-order valence-corrected chi connectivity index (χ1v) is 6.93. The van der Waals surface area contributed by atoms with Crippen molar-refractivity contribution in [3.63, 3.8) is 0 Å². The minimum atomic E-state index is -4.64. The lowest BCUT2D eigenvalue weighted by Crippen LogP contribution is -2.18. The third kappa shape index (κ3) is 20.7. The Bertz CT molecular complexity index is 288. The van der Waals surface area contributed by atoms with Crippen LogP contribution >= 0.6 is 7.82 Å². The lowest BCUT2D eigenvalue weighted by atomic mass is 10.2. The van der Waals surface area contributed by atoms with E-state index in [1.807, 2.05) is 6.92 Å². The van der Waals surface area contributed by atoms with Crippen molar-refractivity contribution in [1.82, 2.24) is 0 Å². The van der Waals surface area contributed by atoms with E-state index in [9.17, 15) is 9.90 Å². The van der Waals surface area contributed by atoms with Crippen LogP contribution in [0.1, 0.15) is 33.1 Å². The number of ether oxygens (including phenoxy) is 1. The molecule has 0 aliphatic heterocycles. The fourth-order valence-corrected chi connectivity index (χ4v) is 0.818. The number of esters is 1. The molecule has 18 heavy (non-hydrogen) atoms. The number of rotatable bonds is 6. The number of carbonyl (C=O) groups excluding carboxylic acids is 1. The summed E-state index contributed by atoms with van der Waals surface area (Å²) in [5, 5.41) is 9.30. The van der Waals surface area contributed by atoms with Gasteiger partial charge in [0.2, 0.25) is 0 Å². The maximum atomic E-state index is 10.9. The van der Waals surface area contributed by atoms with Gasteiger partial charge in [0.25, 0.3) is 0 Å². The summed E-state index contributed by atoms with van der Waals surface area (Å²) in [6, 6.07) is 0. The van der Waals surface area contributed by atoms with Gasteiger partial charge in [0.1, 0.15) is 6.61 Å². The molecule has 0 aliphatic rings. The van der Waals surface area contributed by atoms with Crippen LogP contribution in [-0.2, 0) is 14.1 Å². The van der Waals surface area contributed by atoms with E-state index in [0.717, 1.165) is 12.8 Å². The van der Waals surface area contributed by atoms with E-state index in [1.165, 1.54) is 0 Å². The molecule has 0 amide bonds. The van der Waals surface area contributed by atoms with Crippen molar-refractivity contribution in [3.8, 4) is 0 Å². The van der Waals surface area contributed by atoms with Gasteiger partial charge in [0.15, 0.2) is 0 Å². The Morgan fingerprint density at radius 1 is 1.39 bits per heavy atom. The van der Waals surface area contributed by atoms with E-state index >= 15 is 0 Å². The van der Waals surface area contributed by atoms with Crippen LogP contribution in [0.4, 0.5) is 0 Å². The molecule has 1 unspecified atom stereocenters. The molecule has 0 spiro atoms. The van der Waals surface area contributed by atoms with Crippen molar-refractivity contribution in [2.24, 2.45) is 0 Å². The molecule has 1 atom stereocenters. The monoisotopic (exact) mass is 284 g/mol. The van der Waals surface area contributed by atoms with Crippen LogP contribution in [0.15, 0.2) is 12.2 Å². The van der Waals surface area contributed by atoms with E-state index in [1.54, 1.807) is 6.92 Å². The molecule has 0 aromatic heterocycles. The van der Waals surface area contributed by atoms with Gasteiger partial charge in [-0.2, -0.15) is 0 Å². The van der Waals surface area contributed by atoms with E-state index in [4.69, 9.17) is 24.0 Å². The van der Waals surface area contributed by atoms with E-state index in [2.05, 4.69) is 6.58 Å². The predicted octanol–water partition coefficient (Wildman–Crippen LogP) is 0.728. The van der Waals surface area contributed by atoms with E-state index < -0.39 is 19.9 Å². The molecule has 7 nitrogen and oxygen atoms in total. The van der Waals surface area contributed by atoms with Gasteiger partial charge in [-0.15, -0.1) is 0 Å². The second-order valence-electron chi connectivity index (χ2n) is 3.69. The first-order valence-electron chi connectivity index (χ1n) is 5.36. The molecule has 0 fully saturated rings. The minimum absolute atomic E-state index is 0.0751. The summed E-state index contributed by atoms with van der Waals surface area (Å²) in [5.41, 5.74) is 0.364. The summed E-state index contributed by atoms with van der Waals surface area (Å²) in [6.07, 6.45) is 2.13. The Balaban J connectivity index is 0. The molecule has 0 rings (SSSR count). The van der Waals surface area contributed by atoms with Crippen LogP contribution < -0.4 is 0 Å². The van der Waals surface area contributed by atoms with Crippen LogP contribution in [0, 0.1) is 0 Å². The second-order valence-corrected chi connectivity index (χ2v) is 4.71. The molecule has 0 bridgehead atoms. The average molecular weight is 284 g/mol. The second kappa shape index (κ2) is 10.2. The maximum Gasteiger partial charge on any atom is 0.466 e. The van der Waals surface area contributed by atoms with Crippen molar-refractivity contribution in [1.29, 1.82) is 0 Å². The van der Waals surface area contributed by atoms with E-state index in [-0.39, 0.29) is 6.61 Å². The number of hydrogen-bond acceptors (Lipinski definition) is 4. The minimum Gasteiger partial charge on any atom is -0.460 e. The van der Waals surface area contributed by atoms with Crippen molar-refractivity contribution < 1.29 is 33.9 Å². The van der Waals surface area contributed by atoms with Crippen molar-refractivity contribution >= 4 is 13.8 Å². The van der Waals surface area contributed by atoms with Crippen LogP contribution in [-0.4, -0.2) is 38.5 Å². The third-order valence-electron chi connectivity index (χ3n) is 1.65. The highest BCUT2D eigenvalue weighted by atomic mass is 31.2. The highest BCUT2D eigenvalue weighted by Crippen LogP contribution is 2.25. The van der Waals surface area contributed by atoms with Crippen LogP contribution in [0.3, 0.4) is 0 Å². The Hall–Kier alpha value is -0.720. The molecular weight excluding hydrogens is 263 g/mol. The summed E-state index contributed by atoms with van der Waals surface area (Å²) in [5.74, 6) is -0.435. The first kappa shape index (κ1) is 19.6. The predicted molar refractivity (Wildman–Crippen MR) is 65.6 cm³/mol. The highest BCUT2D eigenvalue weighted by molar-refractivity contribution is 7.45. The molecule has 0 aliphatic carbocycles. The Morgan fingerprint density at radius 2 is 1.83 bits per heavy atom. The van der Waals surface area contributed by atoms with Gasteiger partial charge in [0, 0.05) is 5.57 Å². The van der Waals surface area contributed by atoms with E-state index in [0.29, 0.717) is 12.0 Å². The van der Waals surface area contributed by atoms with Gasteiger partial charge >= 0.3 is 13.8 Å². The summed E-state index contributed by atoms with van der Waals surface area (Å²) >= 11 is 0. The first-order chi connectivity index (χ1) is 8.07. The summed E-state index contributed by atoms with van der Waals surface area (Å²) in [4.78, 5) is 32.5. The standard InChI is InChI=1S/C10H18O3.H3O4P/c1-4-5-6-9(11)7-13-10(12)8(2)3;1-5(2,3)4/h9,11H,2,4-7H2,1,3H3;(H3,1,2,3,4). The van der Waals surface area contributed by atoms with Gasteiger partial charge in [-0.3, -0.25) is 0 Å². The molecule has 0 aromatic rings. The van der Waals surface area contributed by atoms with Crippen molar-refractivity contribution in [3.05, 3.63) is 12.2 Å². The molecule has 0 heterocycles. The van der Waals surface area contributed by atoms with Crippen molar-refractivity contribution in [2.75, 3.05) is 6.61 Å². The molecule has 0 saturated carbocycles. The molecule has 0 radical (unpaired) electrons. The number of aliphatic hydroxyl groups is 1. The summed E-state index contributed by atoms with van der Waals surface area (Å²) in [7, 11) is -4.64. The van der Waals surface area contributed by atoms with Gasteiger partial charge in [0.05, 0.1) is 6.10 Å². The average Bonchev–Trinajstić information content (AvgIpc) is 2.20. The molecule has 0 aromatic carbocycles. The number of hydrogen-bond donors (Lipinski definition) is 4. The van der Waals surface area contributed by atoms with Gasteiger partial charge in [-0.25, -0.2) is 9.36 Å². The van der Waals surface area contributed by atoms with Crippen LogP contribution in [0.2, 0.25) is 0 Å². The van der Waals surface area contributed by atoms with Crippen LogP contribution in [0.5, 0.6) is 0 Å². The van der Waals surface area contributed by atoms with Crippen LogP contribution in [0.25, 0.3) is 0 Å². The number of phosphoric acid groups is 1. The van der Waals surface area contributed by atoms with Gasteiger partial charge in [-0.05, 0) is 13.3 Å². The highest BCUT2D eigenvalue weighted by Gasteiger charge is 2.08. The Morgan fingerprint density at radius 3 is 2.17 bits per heavy atom. The number of carbonyl (C=O) groups is 1. The quantitative estimate of drug-likeness (QED) is 0.322. The summed E-state index contributed by atoms with van der Waals surface area (Å²) < 4.78 is 13.7. The molecular formula is C10H21O7P. The molecule has 4 N–H and O–H groups in total.